The van der Waals surface area contributed by atoms with Crippen LogP contribution >= 0.6 is 22.6 Å². The van der Waals surface area contributed by atoms with Crippen molar-refractivity contribution in [3.63, 3.8) is 0 Å². The summed E-state index contributed by atoms with van der Waals surface area (Å²) < 4.78 is 27.1. The standard InChI is InChI=1S/C36H68INO6Si2/c1-25-18-16-15-17-19-31(43-45(11,12)35(5,6)7)30(42-34(38)40)21-20-26(2)23-32(44-46(13,14)36(8,9)10)28(4)33(39)41-29(22-25)24-27(3)37/h15-16,24-26,28-32H,17-23H2,1-14H3,(H2,38,40)/b16-15+,27-24+/t25-,26-,28-,29-,30-,31-,32+/m0/s1. The van der Waals surface area contributed by atoms with Crippen molar-refractivity contribution in [2.24, 2.45) is 23.5 Å². The molecule has 10 heteroatoms. The molecule has 0 unspecified atom stereocenters. The molecule has 0 saturated carbocycles. The Labute approximate surface area is 298 Å². The van der Waals surface area contributed by atoms with Crippen molar-refractivity contribution in [2.45, 2.75) is 175 Å². The second kappa shape index (κ2) is 18.3. The predicted octanol–water partition coefficient (Wildman–Crippen LogP) is 10.7. The second-order valence-electron chi connectivity index (χ2n) is 16.9. The lowest BCUT2D eigenvalue weighted by atomic mass is 9.90. The van der Waals surface area contributed by atoms with Gasteiger partial charge >= 0.3 is 12.1 Å². The van der Waals surface area contributed by atoms with Crippen LogP contribution in [-0.2, 0) is 23.1 Å². The average molecular weight is 794 g/mol. The van der Waals surface area contributed by atoms with E-state index in [4.69, 9.17) is 24.1 Å². The number of carbonyl (C=O) groups is 2. The summed E-state index contributed by atoms with van der Waals surface area (Å²) in [6.07, 6.45) is 9.72. The summed E-state index contributed by atoms with van der Waals surface area (Å²) in [5.74, 6) is -0.122. The summed E-state index contributed by atoms with van der Waals surface area (Å²) in [7, 11) is -4.38. The zero-order valence-electron chi connectivity index (χ0n) is 31.6. The topological polar surface area (TPSA) is 97.1 Å². The summed E-state index contributed by atoms with van der Waals surface area (Å²) in [5, 5.41) is 0.00232. The van der Waals surface area contributed by atoms with Gasteiger partial charge in [0.25, 0.3) is 0 Å². The molecule has 1 aliphatic rings. The van der Waals surface area contributed by atoms with Crippen molar-refractivity contribution in [3.8, 4) is 0 Å². The van der Waals surface area contributed by atoms with Gasteiger partial charge in [0.05, 0.1) is 18.1 Å². The molecule has 0 aromatic heterocycles. The Bertz CT molecular complexity index is 1030. The third-order valence-electron chi connectivity index (χ3n) is 10.3. The minimum absolute atomic E-state index is 0.00680. The molecule has 46 heavy (non-hydrogen) atoms. The van der Waals surface area contributed by atoms with Crippen LogP contribution < -0.4 is 5.73 Å². The van der Waals surface area contributed by atoms with Crippen molar-refractivity contribution >= 4 is 51.3 Å². The Balaban J connectivity index is 3.56. The van der Waals surface area contributed by atoms with Gasteiger partial charge < -0.3 is 24.1 Å². The lowest BCUT2D eigenvalue weighted by Gasteiger charge is -2.42. The van der Waals surface area contributed by atoms with E-state index < -0.39 is 34.7 Å². The summed E-state index contributed by atoms with van der Waals surface area (Å²) in [4.78, 5) is 25.9. The number of primary amides is 1. The van der Waals surface area contributed by atoms with Crippen molar-refractivity contribution < 1.29 is 27.9 Å². The molecule has 0 saturated heterocycles. The number of cyclic esters (lactones) is 1. The Kier molecular flexibility index (Phi) is 17.3. The quantitative estimate of drug-likeness (QED) is 0.124. The molecule has 1 amide bonds. The fourth-order valence-corrected chi connectivity index (χ4v) is 8.42. The average Bonchev–Trinajstić information content (AvgIpc) is 2.86. The molecule has 0 spiro atoms. The minimum Gasteiger partial charge on any atom is -0.458 e. The monoisotopic (exact) mass is 793 g/mol. The molecular weight excluding hydrogens is 725 g/mol. The molecule has 1 rings (SSSR count). The highest BCUT2D eigenvalue weighted by molar-refractivity contribution is 14.1. The number of amides is 1. The van der Waals surface area contributed by atoms with Gasteiger partial charge in [-0.05, 0) is 139 Å². The molecule has 0 aromatic carbocycles. The molecule has 7 atom stereocenters. The van der Waals surface area contributed by atoms with Crippen LogP contribution in [0.25, 0.3) is 0 Å². The van der Waals surface area contributed by atoms with Gasteiger partial charge in [-0.1, -0.05) is 67.5 Å². The van der Waals surface area contributed by atoms with E-state index in [-0.39, 0.29) is 40.3 Å². The number of carbonyl (C=O) groups excluding carboxylic acids is 2. The molecule has 2 N–H and O–H groups in total. The maximum atomic E-state index is 13.8. The molecule has 7 nitrogen and oxygen atoms in total. The van der Waals surface area contributed by atoms with E-state index in [1.807, 2.05) is 13.8 Å². The van der Waals surface area contributed by atoms with Crippen LogP contribution in [0.3, 0.4) is 0 Å². The highest BCUT2D eigenvalue weighted by Gasteiger charge is 2.43. The number of nitrogens with two attached hydrogens (primary N) is 1. The minimum atomic E-state index is -2.20. The highest BCUT2D eigenvalue weighted by atomic mass is 127. The molecule has 0 fully saturated rings. The number of rotatable bonds is 6. The van der Waals surface area contributed by atoms with Crippen molar-refractivity contribution in [1.82, 2.24) is 0 Å². The number of hydrogen-bond acceptors (Lipinski definition) is 6. The third kappa shape index (κ3) is 14.8. The Morgan fingerprint density at radius 1 is 0.870 bits per heavy atom. The number of allylic oxidation sites excluding steroid dienone is 3. The van der Waals surface area contributed by atoms with Crippen LogP contribution in [0.5, 0.6) is 0 Å². The van der Waals surface area contributed by atoms with E-state index >= 15 is 0 Å². The SMILES string of the molecule is C/C(I)=C\[C@@H]1C[C@@H](C)C/C=C/CC[C@H](O[Si](C)(C)C(C)(C)C)[C@@H](OC(N)=O)CC[C@H](C)C[C@@H](O[Si](C)(C)C(C)(C)C)[C@H](C)C(=O)O1. The maximum Gasteiger partial charge on any atom is 0.404 e. The normalized spacial score (nSPS) is 30.1. The molecule has 268 valence electrons. The Hall–Kier alpha value is -0.696. The largest absolute Gasteiger partial charge is 0.458 e. The van der Waals surface area contributed by atoms with Crippen molar-refractivity contribution in [3.05, 3.63) is 21.8 Å². The Morgan fingerprint density at radius 3 is 1.91 bits per heavy atom. The number of hydrogen-bond donors (Lipinski definition) is 1. The van der Waals surface area contributed by atoms with E-state index in [0.717, 1.165) is 35.7 Å². The fraction of sp³-hybridized carbons (Fsp3) is 0.833. The van der Waals surface area contributed by atoms with Crippen LogP contribution in [-0.4, -0.2) is 53.1 Å². The zero-order valence-corrected chi connectivity index (χ0v) is 35.8. The van der Waals surface area contributed by atoms with E-state index in [9.17, 15) is 9.59 Å². The second-order valence-corrected chi connectivity index (χ2v) is 28.1. The van der Waals surface area contributed by atoms with Crippen molar-refractivity contribution in [2.75, 3.05) is 0 Å². The fourth-order valence-electron chi connectivity index (χ4n) is 5.23. The van der Waals surface area contributed by atoms with Gasteiger partial charge in [0.2, 0.25) is 0 Å². The maximum absolute atomic E-state index is 13.8. The molecule has 0 aliphatic carbocycles. The summed E-state index contributed by atoms with van der Waals surface area (Å²) in [6, 6.07) is 0. The van der Waals surface area contributed by atoms with Crippen LogP contribution in [0.4, 0.5) is 4.79 Å². The first-order chi connectivity index (χ1) is 20.9. The predicted molar refractivity (Wildman–Crippen MR) is 205 cm³/mol. The van der Waals surface area contributed by atoms with Gasteiger partial charge in [-0.15, -0.1) is 0 Å². The van der Waals surface area contributed by atoms with Crippen molar-refractivity contribution in [1.29, 1.82) is 0 Å². The van der Waals surface area contributed by atoms with Gasteiger partial charge in [0, 0.05) is 0 Å². The van der Waals surface area contributed by atoms with Crippen LogP contribution in [0.2, 0.25) is 36.3 Å². The number of ether oxygens (including phenoxy) is 2. The van der Waals surface area contributed by atoms with E-state index in [1.165, 1.54) is 0 Å². The molecule has 0 radical (unpaired) electrons. The van der Waals surface area contributed by atoms with Crippen LogP contribution in [0.1, 0.15) is 114 Å². The molecule has 1 aliphatic heterocycles. The first-order valence-corrected chi connectivity index (χ1v) is 24.3. The van der Waals surface area contributed by atoms with E-state index in [0.29, 0.717) is 18.8 Å². The molecule has 1 heterocycles. The number of esters is 1. The third-order valence-corrected chi connectivity index (χ3v) is 19.7. The lowest BCUT2D eigenvalue weighted by Crippen LogP contribution is -2.48. The lowest BCUT2D eigenvalue weighted by molar-refractivity contribution is -0.155. The summed E-state index contributed by atoms with van der Waals surface area (Å²) in [6.45, 7) is 30.7. The zero-order chi connectivity index (χ0) is 35.7. The van der Waals surface area contributed by atoms with Gasteiger partial charge in [-0.25, -0.2) is 4.79 Å². The van der Waals surface area contributed by atoms with Crippen LogP contribution in [0.15, 0.2) is 21.8 Å². The molecule has 0 aromatic rings. The molecule has 0 bridgehead atoms. The number of halogens is 1. The molecular formula is C36H68INO6Si2. The van der Waals surface area contributed by atoms with E-state index in [1.54, 1.807) is 0 Å². The van der Waals surface area contributed by atoms with Crippen LogP contribution in [0, 0.1) is 17.8 Å². The highest BCUT2D eigenvalue weighted by Crippen LogP contribution is 2.41. The smallest absolute Gasteiger partial charge is 0.404 e. The van der Waals surface area contributed by atoms with E-state index in [2.05, 4.69) is 122 Å². The van der Waals surface area contributed by atoms with Gasteiger partial charge in [0.15, 0.2) is 16.6 Å². The summed E-state index contributed by atoms with van der Waals surface area (Å²) in [5.41, 5.74) is 5.63. The van der Waals surface area contributed by atoms with Gasteiger partial charge in [-0.2, -0.15) is 0 Å². The Morgan fingerprint density at radius 2 is 1.41 bits per heavy atom. The first kappa shape index (κ1) is 43.3. The first-order valence-electron chi connectivity index (χ1n) is 17.4. The van der Waals surface area contributed by atoms with Gasteiger partial charge in [-0.3, -0.25) is 4.79 Å². The summed E-state index contributed by atoms with van der Waals surface area (Å²) >= 11 is 2.29. The van der Waals surface area contributed by atoms with Gasteiger partial charge in [0.1, 0.15) is 12.2 Å².